The number of hydrogen-bond acceptors (Lipinski definition) is 5. The van der Waals surface area contributed by atoms with Crippen molar-refractivity contribution in [1.29, 1.82) is 0 Å². The zero-order chi connectivity index (χ0) is 14.0. The van der Waals surface area contributed by atoms with Crippen molar-refractivity contribution in [3.63, 3.8) is 0 Å². The van der Waals surface area contributed by atoms with E-state index in [0.29, 0.717) is 5.56 Å². The van der Waals surface area contributed by atoms with Gasteiger partial charge in [-0.2, -0.15) is 0 Å². The fourth-order valence-electron chi connectivity index (χ4n) is 1.54. The van der Waals surface area contributed by atoms with E-state index in [4.69, 9.17) is 11.6 Å². The maximum Gasteiger partial charge on any atom is 0.185 e. The normalized spacial score (nSPS) is 11.5. The van der Waals surface area contributed by atoms with Crippen LogP contribution in [0.2, 0.25) is 5.02 Å². The molecule has 0 saturated carbocycles. The van der Waals surface area contributed by atoms with Crippen molar-refractivity contribution in [2.24, 2.45) is 0 Å². The highest BCUT2D eigenvalue weighted by molar-refractivity contribution is 7.92. The molecule has 8 heteroatoms. The van der Waals surface area contributed by atoms with Crippen LogP contribution in [0.3, 0.4) is 0 Å². The van der Waals surface area contributed by atoms with Gasteiger partial charge >= 0.3 is 0 Å². The Kier molecular flexibility index (Phi) is 4.07. The van der Waals surface area contributed by atoms with E-state index in [2.05, 4.69) is 10.3 Å². The van der Waals surface area contributed by atoms with Crippen molar-refractivity contribution < 1.29 is 12.8 Å². The Morgan fingerprint density at radius 2 is 2.21 bits per heavy atom. The number of thiophene rings is 1. The second kappa shape index (κ2) is 5.44. The summed E-state index contributed by atoms with van der Waals surface area (Å²) in [5.41, 5.74) is 0.696. The van der Waals surface area contributed by atoms with Crippen molar-refractivity contribution in [2.45, 2.75) is 10.8 Å². The van der Waals surface area contributed by atoms with Gasteiger partial charge in [-0.05, 0) is 11.4 Å². The molecule has 0 atom stereocenters. The van der Waals surface area contributed by atoms with Gasteiger partial charge in [-0.15, -0.1) is 11.3 Å². The van der Waals surface area contributed by atoms with Gasteiger partial charge in [-0.25, -0.2) is 12.8 Å². The number of anilines is 1. The highest BCUT2D eigenvalue weighted by Gasteiger charge is 2.15. The first kappa shape index (κ1) is 14.2. The summed E-state index contributed by atoms with van der Waals surface area (Å²) in [5.74, 6) is -0.580. The quantitative estimate of drug-likeness (QED) is 0.941. The number of sulfone groups is 1. The van der Waals surface area contributed by atoms with Gasteiger partial charge in [0, 0.05) is 24.6 Å². The van der Waals surface area contributed by atoms with E-state index >= 15 is 0 Å². The first-order valence-corrected chi connectivity index (χ1v) is 8.34. The first-order chi connectivity index (χ1) is 8.89. The largest absolute Gasteiger partial charge is 0.377 e. The minimum atomic E-state index is -3.28. The predicted molar refractivity (Wildman–Crippen MR) is 74.0 cm³/mol. The predicted octanol–water partition coefficient (Wildman–Crippen LogP) is 2.95. The lowest BCUT2D eigenvalue weighted by Crippen LogP contribution is -2.05. The zero-order valence-corrected chi connectivity index (χ0v) is 12.2. The summed E-state index contributed by atoms with van der Waals surface area (Å²) in [6.07, 6.45) is 3.50. The van der Waals surface area contributed by atoms with Gasteiger partial charge in [0.25, 0.3) is 0 Å². The summed E-state index contributed by atoms with van der Waals surface area (Å²) in [5, 5.41) is 4.62. The number of rotatable bonds is 4. The van der Waals surface area contributed by atoms with Crippen molar-refractivity contribution in [1.82, 2.24) is 4.98 Å². The number of halogens is 2. The molecule has 0 radical (unpaired) electrons. The summed E-state index contributed by atoms with van der Waals surface area (Å²) in [4.78, 5) is 3.61. The zero-order valence-electron chi connectivity index (χ0n) is 9.85. The monoisotopic (exact) mass is 320 g/mol. The van der Waals surface area contributed by atoms with Crippen LogP contribution >= 0.6 is 22.9 Å². The molecule has 4 nitrogen and oxygen atoms in total. The molecule has 0 spiro atoms. The maximum atomic E-state index is 13.5. The Bertz CT molecular complexity index is 680. The average Bonchev–Trinajstić information content (AvgIpc) is 2.76. The van der Waals surface area contributed by atoms with Gasteiger partial charge in [-0.3, -0.25) is 4.98 Å². The Hall–Kier alpha value is -1.18. The third-order valence-corrected chi connectivity index (χ3v) is 5.52. The Balaban J connectivity index is 2.23. The fraction of sp³-hybridized carbons (Fsp3) is 0.182. The Labute approximate surface area is 119 Å². The van der Waals surface area contributed by atoms with E-state index in [1.165, 1.54) is 6.20 Å². The van der Waals surface area contributed by atoms with E-state index in [-0.39, 0.29) is 21.5 Å². The van der Waals surface area contributed by atoms with E-state index < -0.39 is 15.7 Å². The Morgan fingerprint density at radius 1 is 1.47 bits per heavy atom. The molecule has 1 N–H and O–H groups in total. The number of nitrogens with one attached hydrogen (secondary N) is 1. The summed E-state index contributed by atoms with van der Waals surface area (Å²) >= 11 is 6.95. The van der Waals surface area contributed by atoms with Gasteiger partial charge in [0.15, 0.2) is 15.7 Å². The molecule has 0 aliphatic carbocycles. The van der Waals surface area contributed by atoms with E-state index in [0.717, 1.165) is 23.8 Å². The van der Waals surface area contributed by atoms with Gasteiger partial charge in [-0.1, -0.05) is 11.6 Å². The van der Waals surface area contributed by atoms with Crippen molar-refractivity contribution in [3.05, 3.63) is 40.2 Å². The van der Waals surface area contributed by atoms with Gasteiger partial charge < -0.3 is 5.32 Å². The molecule has 0 unspecified atom stereocenters. The molecule has 0 bridgehead atoms. The van der Waals surface area contributed by atoms with Crippen LogP contribution in [0.5, 0.6) is 0 Å². The van der Waals surface area contributed by atoms with Crippen LogP contribution in [0.15, 0.2) is 28.0 Å². The number of aromatic nitrogens is 1. The topological polar surface area (TPSA) is 59.1 Å². The van der Waals surface area contributed by atoms with E-state index in [9.17, 15) is 12.8 Å². The Morgan fingerprint density at radius 3 is 2.84 bits per heavy atom. The second-order valence-electron chi connectivity index (χ2n) is 3.84. The summed E-state index contributed by atoms with van der Waals surface area (Å²) in [7, 11) is -3.28. The van der Waals surface area contributed by atoms with Crippen LogP contribution in [0, 0.1) is 5.82 Å². The fourth-order valence-corrected chi connectivity index (χ4v) is 3.89. The first-order valence-electron chi connectivity index (χ1n) is 5.19. The van der Waals surface area contributed by atoms with Crippen LogP contribution in [0.25, 0.3) is 0 Å². The molecular weight excluding hydrogens is 311 g/mol. The number of pyridine rings is 1. The summed E-state index contributed by atoms with van der Waals surface area (Å²) < 4.78 is 36.8. The third kappa shape index (κ3) is 3.23. The lowest BCUT2D eigenvalue weighted by atomic mass is 10.3. The van der Waals surface area contributed by atoms with E-state index in [1.54, 1.807) is 11.4 Å². The van der Waals surface area contributed by atoms with Crippen LogP contribution in [0.4, 0.5) is 10.1 Å². The minimum absolute atomic E-state index is 0.113. The summed E-state index contributed by atoms with van der Waals surface area (Å²) in [6.45, 7) is 0.173. The molecule has 2 heterocycles. The number of nitrogens with zero attached hydrogens (tertiary/aromatic N) is 1. The molecule has 0 saturated heterocycles. The van der Waals surface area contributed by atoms with Gasteiger partial charge in [0.2, 0.25) is 0 Å². The van der Waals surface area contributed by atoms with Gasteiger partial charge in [0.05, 0.1) is 16.9 Å². The highest BCUT2D eigenvalue weighted by Crippen LogP contribution is 2.27. The molecule has 0 aliphatic heterocycles. The molecule has 0 amide bonds. The maximum absolute atomic E-state index is 13.5. The molecular formula is C11H10ClFN2O2S2. The molecule has 2 rings (SSSR count). The highest BCUT2D eigenvalue weighted by atomic mass is 35.5. The van der Waals surface area contributed by atoms with Crippen LogP contribution < -0.4 is 5.32 Å². The standard InChI is InChI=1S/C11H10ClFN2O2S2/c1-19(16,17)11-7(2-3-18-11)4-15-10-8(12)5-14-6-9(10)13/h2-3,5-6H,4H2,1H3,(H,14,15). The molecule has 0 aromatic carbocycles. The molecule has 0 fully saturated rings. The van der Waals surface area contributed by atoms with E-state index in [1.807, 2.05) is 0 Å². The van der Waals surface area contributed by atoms with Crippen molar-refractivity contribution in [3.8, 4) is 0 Å². The van der Waals surface area contributed by atoms with Crippen LogP contribution in [-0.4, -0.2) is 19.7 Å². The lowest BCUT2D eigenvalue weighted by Gasteiger charge is -2.09. The molecule has 2 aromatic rings. The smallest absolute Gasteiger partial charge is 0.185 e. The molecule has 0 aliphatic rings. The van der Waals surface area contributed by atoms with Crippen molar-refractivity contribution >= 4 is 38.5 Å². The molecule has 102 valence electrons. The number of hydrogen-bond donors (Lipinski definition) is 1. The second-order valence-corrected chi connectivity index (χ2v) is 7.37. The summed E-state index contributed by atoms with van der Waals surface area (Å²) in [6, 6.07) is 1.68. The van der Waals surface area contributed by atoms with Crippen LogP contribution in [-0.2, 0) is 16.4 Å². The third-order valence-electron chi connectivity index (χ3n) is 2.35. The van der Waals surface area contributed by atoms with Crippen molar-refractivity contribution in [2.75, 3.05) is 11.6 Å². The SMILES string of the molecule is CS(=O)(=O)c1sccc1CNc1c(F)cncc1Cl. The molecule has 19 heavy (non-hydrogen) atoms. The lowest BCUT2D eigenvalue weighted by molar-refractivity contribution is 0.603. The van der Waals surface area contributed by atoms with Gasteiger partial charge in [0.1, 0.15) is 4.21 Å². The minimum Gasteiger partial charge on any atom is -0.377 e. The van der Waals surface area contributed by atoms with Crippen LogP contribution in [0.1, 0.15) is 5.56 Å². The average molecular weight is 321 g/mol. The molecule has 2 aromatic heterocycles.